The molecule has 0 fully saturated rings. The Morgan fingerprint density at radius 1 is 0.745 bits per heavy atom. The van der Waals surface area contributed by atoms with Crippen LogP contribution in [0.15, 0.2) is 60.8 Å². The van der Waals surface area contributed by atoms with Crippen LogP contribution in [0.1, 0.15) is 53.7 Å². The van der Waals surface area contributed by atoms with Gasteiger partial charge in [-0.15, -0.1) is 0 Å². The van der Waals surface area contributed by atoms with Gasteiger partial charge in [-0.1, -0.05) is 48.5 Å². The number of amides is 4. The number of carbonyl (C=O) groups excluding carboxylic acids is 3. The smallest absolute Gasteiger partial charge is 0.326 e. The van der Waals surface area contributed by atoms with Gasteiger partial charge in [0.25, 0.3) is 5.91 Å². The SMILES string of the molecule is NCc1ccc(C(=O)N[C@@H](Cc2ccc3ccccc3c2)C(=O)NCCCC[C@H](NC(=O)N[C@@H](CCC(=O)O)C(=O)O)C(=O)O)nc1. The van der Waals surface area contributed by atoms with E-state index < -0.39 is 60.3 Å². The Balaban J connectivity index is 1.57. The van der Waals surface area contributed by atoms with Crippen LogP contribution in [-0.2, 0) is 32.1 Å². The van der Waals surface area contributed by atoms with Gasteiger partial charge >= 0.3 is 23.9 Å². The van der Waals surface area contributed by atoms with E-state index in [9.17, 15) is 39.0 Å². The molecule has 0 aliphatic heterocycles. The number of benzene rings is 2. The predicted molar refractivity (Wildman–Crippen MR) is 169 cm³/mol. The summed E-state index contributed by atoms with van der Waals surface area (Å²) in [7, 11) is 0. The molecule has 0 spiro atoms. The minimum atomic E-state index is -1.51. The first kappa shape index (κ1) is 35.9. The number of hydrogen-bond donors (Lipinski definition) is 8. The highest BCUT2D eigenvalue weighted by Gasteiger charge is 2.25. The molecule has 2 aromatic carbocycles. The molecule has 3 atom stereocenters. The van der Waals surface area contributed by atoms with Crippen LogP contribution in [-0.4, -0.2) is 80.7 Å². The summed E-state index contributed by atoms with van der Waals surface area (Å²) in [6.45, 7) is 0.402. The number of nitrogens with two attached hydrogens (primary N) is 1. The maximum Gasteiger partial charge on any atom is 0.326 e. The van der Waals surface area contributed by atoms with Crippen LogP contribution in [0.5, 0.6) is 0 Å². The van der Waals surface area contributed by atoms with Gasteiger partial charge in [0.05, 0.1) is 0 Å². The van der Waals surface area contributed by atoms with Crippen molar-refractivity contribution in [1.82, 2.24) is 26.3 Å². The van der Waals surface area contributed by atoms with Gasteiger partial charge in [-0.3, -0.25) is 19.4 Å². The lowest BCUT2D eigenvalue weighted by Crippen LogP contribution is -2.51. The lowest BCUT2D eigenvalue weighted by Gasteiger charge is -2.20. The van der Waals surface area contributed by atoms with E-state index in [0.717, 1.165) is 21.9 Å². The second-order valence-electron chi connectivity index (χ2n) is 10.8. The summed E-state index contributed by atoms with van der Waals surface area (Å²) in [5, 5.41) is 39.2. The maximum absolute atomic E-state index is 13.3. The van der Waals surface area contributed by atoms with Crippen LogP contribution in [0.25, 0.3) is 10.8 Å². The van der Waals surface area contributed by atoms with Crippen molar-refractivity contribution in [3.05, 3.63) is 77.6 Å². The van der Waals surface area contributed by atoms with Crippen molar-refractivity contribution in [2.75, 3.05) is 6.54 Å². The van der Waals surface area contributed by atoms with E-state index >= 15 is 0 Å². The molecule has 4 amide bonds. The van der Waals surface area contributed by atoms with Gasteiger partial charge in [0.15, 0.2) is 0 Å². The molecule has 3 aromatic rings. The van der Waals surface area contributed by atoms with Crippen LogP contribution in [0.2, 0.25) is 0 Å². The molecule has 250 valence electrons. The quantitative estimate of drug-likeness (QED) is 0.0913. The lowest BCUT2D eigenvalue weighted by molar-refractivity contribution is -0.140. The van der Waals surface area contributed by atoms with Crippen molar-refractivity contribution < 1.29 is 44.1 Å². The molecular weight excluding hydrogens is 612 g/mol. The Bertz CT molecular complexity index is 1580. The number of aliphatic carboxylic acids is 3. The largest absolute Gasteiger partial charge is 0.481 e. The van der Waals surface area contributed by atoms with E-state index in [-0.39, 0.29) is 44.5 Å². The standard InChI is InChI=1S/C32H38N6O9/c33-17-20-9-11-23(35-18-20)29(42)36-26(16-19-8-10-21-5-1-2-6-22(21)15-19)28(41)34-14-4-3-7-24(30(43)44)37-32(47)38-25(31(45)46)12-13-27(39)40/h1-2,5-6,8-11,15,18,24-26H,3-4,7,12-14,16-17,33H2,(H,34,41)(H,36,42)(H,39,40)(H,43,44)(H,45,46)(H2,37,38,47)/t24-,25-,26-/m0/s1. The Morgan fingerprint density at radius 2 is 1.40 bits per heavy atom. The molecule has 0 saturated carbocycles. The fourth-order valence-corrected chi connectivity index (χ4v) is 4.67. The highest BCUT2D eigenvalue weighted by Crippen LogP contribution is 2.17. The van der Waals surface area contributed by atoms with Gasteiger partial charge < -0.3 is 42.3 Å². The molecule has 9 N–H and O–H groups in total. The number of pyridine rings is 1. The number of nitrogens with one attached hydrogen (secondary N) is 4. The number of aromatic nitrogens is 1. The van der Waals surface area contributed by atoms with Gasteiger partial charge in [-0.2, -0.15) is 0 Å². The van der Waals surface area contributed by atoms with E-state index in [4.69, 9.17) is 10.8 Å². The van der Waals surface area contributed by atoms with E-state index in [1.54, 1.807) is 6.07 Å². The van der Waals surface area contributed by atoms with E-state index in [0.29, 0.717) is 6.42 Å². The van der Waals surface area contributed by atoms with Gasteiger partial charge in [0, 0.05) is 32.1 Å². The van der Waals surface area contributed by atoms with Crippen molar-refractivity contribution in [3.63, 3.8) is 0 Å². The van der Waals surface area contributed by atoms with Crippen molar-refractivity contribution in [3.8, 4) is 0 Å². The van der Waals surface area contributed by atoms with Crippen LogP contribution in [0.4, 0.5) is 4.79 Å². The Morgan fingerprint density at radius 3 is 2.02 bits per heavy atom. The van der Waals surface area contributed by atoms with E-state index in [1.807, 2.05) is 42.5 Å². The van der Waals surface area contributed by atoms with E-state index in [2.05, 4.69) is 26.3 Å². The number of urea groups is 1. The first-order valence-electron chi connectivity index (χ1n) is 14.9. The zero-order chi connectivity index (χ0) is 34.3. The van der Waals surface area contributed by atoms with Crippen LogP contribution in [0, 0.1) is 0 Å². The van der Waals surface area contributed by atoms with Gasteiger partial charge in [0.1, 0.15) is 23.8 Å². The average Bonchev–Trinajstić information content (AvgIpc) is 3.05. The molecule has 0 saturated heterocycles. The third-order valence-electron chi connectivity index (χ3n) is 7.24. The van der Waals surface area contributed by atoms with Crippen molar-refractivity contribution in [2.24, 2.45) is 5.73 Å². The molecule has 0 aliphatic carbocycles. The lowest BCUT2D eigenvalue weighted by atomic mass is 10.0. The summed E-state index contributed by atoms with van der Waals surface area (Å²) >= 11 is 0. The van der Waals surface area contributed by atoms with Crippen LogP contribution >= 0.6 is 0 Å². The highest BCUT2D eigenvalue weighted by atomic mass is 16.4. The fraction of sp³-hybridized carbons (Fsp3) is 0.344. The number of carboxylic acids is 3. The normalized spacial score (nSPS) is 12.7. The van der Waals surface area contributed by atoms with Gasteiger partial charge in [-0.05, 0) is 53.6 Å². The zero-order valence-corrected chi connectivity index (χ0v) is 25.5. The van der Waals surface area contributed by atoms with Crippen molar-refractivity contribution >= 4 is 46.5 Å². The van der Waals surface area contributed by atoms with Crippen LogP contribution in [0.3, 0.4) is 0 Å². The highest BCUT2D eigenvalue weighted by molar-refractivity contribution is 5.96. The second-order valence-corrected chi connectivity index (χ2v) is 10.8. The number of carboxylic acid groups (broad SMARTS) is 3. The topological polar surface area (TPSA) is 250 Å². The third kappa shape index (κ3) is 11.7. The summed E-state index contributed by atoms with van der Waals surface area (Å²) in [5.74, 6) is -5.06. The first-order valence-corrected chi connectivity index (χ1v) is 14.9. The molecule has 0 unspecified atom stereocenters. The minimum absolute atomic E-state index is 0.0345. The Kier molecular flexibility index (Phi) is 13.6. The molecule has 0 bridgehead atoms. The molecule has 47 heavy (non-hydrogen) atoms. The zero-order valence-electron chi connectivity index (χ0n) is 25.5. The molecule has 1 heterocycles. The first-order chi connectivity index (χ1) is 22.5. The number of carbonyl (C=O) groups is 6. The molecule has 0 aliphatic rings. The molecule has 1 aromatic heterocycles. The second kappa shape index (κ2) is 17.8. The molecule has 3 rings (SSSR count). The fourth-order valence-electron chi connectivity index (χ4n) is 4.67. The summed E-state index contributed by atoms with van der Waals surface area (Å²) in [5.41, 5.74) is 7.29. The summed E-state index contributed by atoms with van der Waals surface area (Å²) in [6, 6.07) is 11.8. The minimum Gasteiger partial charge on any atom is -0.481 e. The Hall–Kier alpha value is -5.57. The third-order valence-corrected chi connectivity index (χ3v) is 7.24. The Labute approximate surface area is 269 Å². The number of nitrogens with zero attached hydrogens (tertiary/aromatic N) is 1. The average molecular weight is 651 g/mol. The number of rotatable bonds is 18. The monoisotopic (exact) mass is 650 g/mol. The van der Waals surface area contributed by atoms with E-state index in [1.165, 1.54) is 12.3 Å². The predicted octanol–water partition coefficient (Wildman–Crippen LogP) is 1.39. The van der Waals surface area contributed by atoms with Crippen LogP contribution < -0.4 is 27.0 Å². The summed E-state index contributed by atoms with van der Waals surface area (Å²) in [4.78, 5) is 76.3. The van der Waals surface area contributed by atoms with Gasteiger partial charge in [0.2, 0.25) is 5.91 Å². The molecule has 15 heteroatoms. The number of hydrogen-bond acceptors (Lipinski definition) is 8. The summed E-state index contributed by atoms with van der Waals surface area (Å²) in [6.07, 6.45) is 1.35. The van der Waals surface area contributed by atoms with Crippen molar-refractivity contribution in [2.45, 2.75) is 63.2 Å². The molecular formula is C32H38N6O9. The molecule has 15 nitrogen and oxygen atoms in total. The van der Waals surface area contributed by atoms with Gasteiger partial charge in [-0.25, -0.2) is 14.4 Å². The number of fused-ring (bicyclic) bond motifs is 1. The molecule has 0 radical (unpaired) electrons. The number of unbranched alkanes of at least 4 members (excludes halogenated alkanes) is 1. The summed E-state index contributed by atoms with van der Waals surface area (Å²) < 4.78 is 0. The van der Waals surface area contributed by atoms with Crippen molar-refractivity contribution in [1.29, 1.82) is 0 Å². The maximum atomic E-state index is 13.3.